The monoisotopic (exact) mass is 269 g/mol. The van der Waals surface area contributed by atoms with Gasteiger partial charge in [0.15, 0.2) is 0 Å². The van der Waals surface area contributed by atoms with Crippen molar-refractivity contribution in [2.24, 2.45) is 4.52 Å². The average Bonchev–Trinajstić information content (AvgIpc) is 2.75. The molecule has 0 fully saturated rings. The molecule has 0 radical (unpaired) electrons. The molecule has 0 spiro atoms. The van der Waals surface area contributed by atoms with Gasteiger partial charge < -0.3 is 4.74 Å². The highest BCUT2D eigenvalue weighted by atomic mass is 32.2. The van der Waals surface area contributed by atoms with E-state index in [0.717, 1.165) is 23.3 Å². The molecule has 0 atom stereocenters. The molecule has 0 aromatic heterocycles. The van der Waals surface area contributed by atoms with Gasteiger partial charge in [-0.3, -0.25) is 4.18 Å². The largest absolute Gasteiger partial charge is 0.493 e. The zero-order valence-corrected chi connectivity index (χ0v) is 10.3. The summed E-state index contributed by atoms with van der Waals surface area (Å²) in [6.45, 7) is 0.627. The minimum atomic E-state index is -4.13. The summed E-state index contributed by atoms with van der Waals surface area (Å²) < 4.78 is 34.3. The Morgan fingerprint density at radius 3 is 3.11 bits per heavy atom. The van der Waals surface area contributed by atoms with E-state index >= 15 is 0 Å². The Labute approximate surface area is 104 Å². The molecule has 1 heterocycles. The van der Waals surface area contributed by atoms with Crippen molar-refractivity contribution in [3.8, 4) is 5.75 Å². The van der Waals surface area contributed by atoms with Crippen LogP contribution in [0.3, 0.4) is 0 Å². The number of fused-ring (bicyclic) bond motifs is 1. The zero-order chi connectivity index (χ0) is 13.0. The number of hydrogen-bond acceptors (Lipinski definition) is 4. The van der Waals surface area contributed by atoms with E-state index in [1.165, 1.54) is 0 Å². The summed E-state index contributed by atoms with van der Waals surface area (Å²) in [7, 11) is -4.13. The van der Waals surface area contributed by atoms with E-state index in [2.05, 4.69) is 13.6 Å². The van der Waals surface area contributed by atoms with Gasteiger partial charge in [0.1, 0.15) is 5.75 Å². The van der Waals surface area contributed by atoms with Crippen LogP contribution in [0.1, 0.15) is 11.1 Å². The Hall–Kier alpha value is -1.76. The molecule has 1 aromatic carbocycles. The van der Waals surface area contributed by atoms with Gasteiger partial charge in [-0.15, -0.1) is 0 Å². The fourth-order valence-electron chi connectivity index (χ4n) is 1.73. The maximum Gasteiger partial charge on any atom is 0.358 e. The van der Waals surface area contributed by atoms with E-state index in [1.807, 2.05) is 18.2 Å². The van der Waals surface area contributed by atoms with Crippen LogP contribution in [-0.4, -0.2) is 21.6 Å². The SMILES string of the molecule is [N-]=[N+]=NS(=O)(=O)OCCc1ccc2c(c1)CCO2. The molecule has 0 aliphatic carbocycles. The molecule has 96 valence electrons. The Balaban J connectivity index is 1.93. The molecule has 0 N–H and O–H groups in total. The van der Waals surface area contributed by atoms with Crippen molar-refractivity contribution < 1.29 is 17.3 Å². The molecule has 1 aromatic rings. The summed E-state index contributed by atoms with van der Waals surface area (Å²) in [4.78, 5) is 2.18. The van der Waals surface area contributed by atoms with Crippen molar-refractivity contribution in [3.05, 3.63) is 39.8 Å². The number of azide groups is 1. The Bertz CT molecular complexity index is 593. The predicted molar refractivity (Wildman–Crippen MR) is 63.4 cm³/mol. The minimum absolute atomic E-state index is 0.0546. The fourth-order valence-corrected chi connectivity index (χ4v) is 2.16. The van der Waals surface area contributed by atoms with E-state index < -0.39 is 10.3 Å². The van der Waals surface area contributed by atoms with Gasteiger partial charge in [-0.2, -0.15) is 8.42 Å². The first-order valence-electron chi connectivity index (χ1n) is 5.31. The fraction of sp³-hybridized carbons (Fsp3) is 0.400. The highest BCUT2D eigenvalue weighted by Gasteiger charge is 2.12. The van der Waals surface area contributed by atoms with Crippen molar-refractivity contribution in [1.82, 2.24) is 0 Å². The maximum atomic E-state index is 10.9. The third kappa shape index (κ3) is 3.13. The number of benzene rings is 1. The summed E-state index contributed by atoms with van der Waals surface area (Å²) in [5.41, 5.74) is 10.1. The molecule has 0 bridgehead atoms. The molecule has 0 amide bonds. The molecule has 0 saturated heterocycles. The topological polar surface area (TPSA) is 101 Å². The Morgan fingerprint density at radius 1 is 1.50 bits per heavy atom. The van der Waals surface area contributed by atoms with Crippen LogP contribution >= 0.6 is 0 Å². The second-order valence-corrected chi connectivity index (χ2v) is 4.97. The lowest BCUT2D eigenvalue weighted by atomic mass is 10.1. The normalized spacial score (nSPS) is 13.6. The van der Waals surface area contributed by atoms with Gasteiger partial charge >= 0.3 is 10.3 Å². The van der Waals surface area contributed by atoms with Gasteiger partial charge in [-0.25, -0.2) is 0 Å². The standard InChI is InChI=1S/C10H11N3O4S/c11-12-13-18(14,15)17-6-3-8-1-2-10-9(7-8)4-5-16-10/h1-2,7H,3-6H2. The van der Waals surface area contributed by atoms with Crippen molar-refractivity contribution in [2.75, 3.05) is 13.2 Å². The Kier molecular flexibility index (Phi) is 3.71. The van der Waals surface area contributed by atoms with Crippen LogP contribution in [0.25, 0.3) is 10.4 Å². The van der Waals surface area contributed by atoms with Crippen molar-refractivity contribution in [3.63, 3.8) is 0 Å². The van der Waals surface area contributed by atoms with Crippen LogP contribution < -0.4 is 4.74 Å². The molecule has 8 heteroatoms. The average molecular weight is 269 g/mol. The third-order valence-electron chi connectivity index (χ3n) is 2.51. The van der Waals surface area contributed by atoms with E-state index in [4.69, 9.17) is 10.3 Å². The third-order valence-corrected chi connectivity index (χ3v) is 3.25. The Morgan fingerprint density at radius 2 is 2.33 bits per heavy atom. The van der Waals surface area contributed by atoms with Gasteiger partial charge in [-0.1, -0.05) is 12.1 Å². The number of hydrogen-bond donors (Lipinski definition) is 0. The van der Waals surface area contributed by atoms with Crippen molar-refractivity contribution in [2.45, 2.75) is 12.8 Å². The van der Waals surface area contributed by atoms with Gasteiger partial charge in [0.2, 0.25) is 0 Å². The summed E-state index contributed by atoms with van der Waals surface area (Å²) in [6.07, 6.45) is 1.29. The summed E-state index contributed by atoms with van der Waals surface area (Å²) in [6, 6.07) is 5.68. The highest BCUT2D eigenvalue weighted by molar-refractivity contribution is 7.85. The molecule has 0 unspecified atom stereocenters. The number of rotatable bonds is 5. The smallest absolute Gasteiger partial charge is 0.358 e. The second kappa shape index (κ2) is 5.26. The summed E-state index contributed by atoms with van der Waals surface area (Å²) >= 11 is 0. The zero-order valence-electron chi connectivity index (χ0n) is 9.44. The lowest BCUT2D eigenvalue weighted by Crippen LogP contribution is -2.05. The summed E-state index contributed by atoms with van der Waals surface area (Å²) in [5, 5.41) is 0. The van der Waals surface area contributed by atoms with Gasteiger partial charge in [0.25, 0.3) is 0 Å². The molecule has 1 aliphatic rings. The first kappa shape index (κ1) is 12.7. The van der Waals surface area contributed by atoms with Crippen molar-refractivity contribution >= 4 is 10.3 Å². The molecule has 1 aliphatic heterocycles. The quantitative estimate of drug-likeness (QED) is 0.461. The molecular weight excluding hydrogens is 258 g/mol. The van der Waals surface area contributed by atoms with Crippen LogP contribution in [0.5, 0.6) is 5.75 Å². The van der Waals surface area contributed by atoms with Crippen LogP contribution in [0, 0.1) is 0 Å². The van der Waals surface area contributed by atoms with Crippen LogP contribution in [0.15, 0.2) is 22.7 Å². The van der Waals surface area contributed by atoms with E-state index in [-0.39, 0.29) is 6.61 Å². The number of nitrogens with zero attached hydrogens (tertiary/aromatic N) is 3. The lowest BCUT2D eigenvalue weighted by Gasteiger charge is -2.04. The van der Waals surface area contributed by atoms with E-state index in [1.54, 1.807) is 0 Å². The van der Waals surface area contributed by atoms with E-state index in [9.17, 15) is 8.42 Å². The van der Waals surface area contributed by atoms with Crippen molar-refractivity contribution in [1.29, 1.82) is 0 Å². The first-order valence-corrected chi connectivity index (χ1v) is 6.67. The number of ether oxygens (including phenoxy) is 1. The molecule has 0 saturated carbocycles. The second-order valence-electron chi connectivity index (χ2n) is 3.71. The minimum Gasteiger partial charge on any atom is -0.493 e. The maximum absolute atomic E-state index is 10.9. The highest BCUT2D eigenvalue weighted by Crippen LogP contribution is 2.25. The molecular formula is C10H11N3O4S. The van der Waals surface area contributed by atoms with E-state index in [0.29, 0.717) is 13.0 Å². The lowest BCUT2D eigenvalue weighted by molar-refractivity contribution is 0.322. The van der Waals surface area contributed by atoms with Gasteiger partial charge in [0.05, 0.1) is 17.7 Å². The molecule has 7 nitrogen and oxygen atoms in total. The van der Waals surface area contributed by atoms with Crippen LogP contribution in [0.4, 0.5) is 0 Å². The van der Waals surface area contributed by atoms with Gasteiger partial charge in [0, 0.05) is 11.3 Å². The van der Waals surface area contributed by atoms with Crippen LogP contribution in [0.2, 0.25) is 0 Å². The summed E-state index contributed by atoms with van der Waals surface area (Å²) in [5.74, 6) is 0.876. The molecule has 2 rings (SSSR count). The first-order chi connectivity index (χ1) is 8.61. The predicted octanol–water partition coefficient (Wildman–Crippen LogP) is 1.74. The van der Waals surface area contributed by atoms with Crippen LogP contribution in [-0.2, 0) is 27.3 Å². The van der Waals surface area contributed by atoms with Gasteiger partial charge in [-0.05, 0) is 29.1 Å². The molecule has 18 heavy (non-hydrogen) atoms.